The van der Waals surface area contributed by atoms with E-state index in [-0.39, 0.29) is 16.6 Å². The third-order valence-corrected chi connectivity index (χ3v) is 1.91. The zero-order chi connectivity index (χ0) is 10.4. The van der Waals surface area contributed by atoms with Gasteiger partial charge in [-0.05, 0) is 6.92 Å². The van der Waals surface area contributed by atoms with E-state index in [2.05, 4.69) is 21.2 Å². The summed E-state index contributed by atoms with van der Waals surface area (Å²) in [5.41, 5.74) is 0. The van der Waals surface area contributed by atoms with Gasteiger partial charge in [-0.25, -0.2) is 0 Å². The largest absolute Gasteiger partial charge is 0.355 e. The van der Waals surface area contributed by atoms with Gasteiger partial charge in [0, 0.05) is 27.1 Å². The van der Waals surface area contributed by atoms with Crippen molar-refractivity contribution >= 4 is 27.7 Å². The topological polar surface area (TPSA) is 49.4 Å². The fraction of sp³-hybridized carbons (Fsp3) is 0.750. The maximum atomic E-state index is 11.1. The van der Waals surface area contributed by atoms with Crippen molar-refractivity contribution in [1.29, 1.82) is 0 Å². The lowest BCUT2D eigenvalue weighted by molar-refractivity contribution is -0.128. The van der Waals surface area contributed by atoms with Gasteiger partial charge in [0.15, 0.2) is 0 Å². The molecule has 1 N–H and O–H groups in total. The lowest BCUT2D eigenvalue weighted by Crippen LogP contribution is -2.33. The molecule has 0 fully saturated rings. The molecule has 0 aliphatic heterocycles. The molecule has 0 aliphatic carbocycles. The highest BCUT2D eigenvalue weighted by atomic mass is 79.9. The molecular weight excluding hydrogens is 236 g/mol. The van der Waals surface area contributed by atoms with Crippen LogP contribution >= 0.6 is 15.9 Å². The van der Waals surface area contributed by atoms with E-state index in [4.69, 9.17) is 0 Å². The number of carbonyl (C=O) groups is 2. The number of amides is 2. The smallest absolute Gasteiger partial charge is 0.233 e. The van der Waals surface area contributed by atoms with Crippen molar-refractivity contribution in [2.24, 2.45) is 0 Å². The van der Waals surface area contributed by atoms with E-state index >= 15 is 0 Å². The molecule has 76 valence electrons. The minimum atomic E-state index is -0.207. The van der Waals surface area contributed by atoms with E-state index < -0.39 is 0 Å². The molecule has 0 spiro atoms. The third-order valence-electron chi connectivity index (χ3n) is 1.50. The Bertz CT molecular complexity index is 173. The Morgan fingerprint density at radius 2 is 2.00 bits per heavy atom. The Morgan fingerprint density at radius 3 is 2.38 bits per heavy atom. The summed E-state index contributed by atoms with van der Waals surface area (Å²) in [5.74, 6) is -0.0749. The predicted octanol–water partition coefficient (Wildman–Crippen LogP) is 0.364. The first-order valence-corrected chi connectivity index (χ1v) is 4.98. The number of nitrogens with zero attached hydrogens (tertiary/aromatic N) is 1. The van der Waals surface area contributed by atoms with Crippen LogP contribution in [0.4, 0.5) is 0 Å². The van der Waals surface area contributed by atoms with Gasteiger partial charge < -0.3 is 10.2 Å². The fourth-order valence-corrected chi connectivity index (χ4v) is 0.819. The summed E-state index contributed by atoms with van der Waals surface area (Å²) in [6.07, 6.45) is 0.346. The second-order valence-electron chi connectivity index (χ2n) is 2.95. The van der Waals surface area contributed by atoms with Gasteiger partial charge >= 0.3 is 0 Å². The van der Waals surface area contributed by atoms with Gasteiger partial charge in [0.2, 0.25) is 11.8 Å². The zero-order valence-electron chi connectivity index (χ0n) is 8.13. The molecule has 0 saturated carbocycles. The fourth-order valence-electron chi connectivity index (χ4n) is 0.657. The second-order valence-corrected chi connectivity index (χ2v) is 4.32. The lowest BCUT2D eigenvalue weighted by atomic mass is 10.3. The summed E-state index contributed by atoms with van der Waals surface area (Å²) in [4.78, 5) is 23.4. The van der Waals surface area contributed by atoms with Crippen molar-refractivity contribution in [3.63, 3.8) is 0 Å². The van der Waals surface area contributed by atoms with Gasteiger partial charge in [0.05, 0.1) is 4.83 Å². The van der Waals surface area contributed by atoms with E-state index in [1.165, 1.54) is 4.90 Å². The molecule has 0 aromatic heterocycles. The molecule has 5 heteroatoms. The predicted molar refractivity (Wildman–Crippen MR) is 54.7 cm³/mol. The minimum Gasteiger partial charge on any atom is -0.355 e. The summed E-state index contributed by atoms with van der Waals surface area (Å²) >= 11 is 3.13. The Morgan fingerprint density at radius 1 is 1.46 bits per heavy atom. The monoisotopic (exact) mass is 250 g/mol. The van der Waals surface area contributed by atoms with Crippen LogP contribution < -0.4 is 5.32 Å². The Hall–Kier alpha value is -0.580. The summed E-state index contributed by atoms with van der Waals surface area (Å²) in [6.45, 7) is 2.13. The molecule has 0 aliphatic rings. The van der Waals surface area contributed by atoms with Crippen LogP contribution in [0.25, 0.3) is 0 Å². The highest BCUT2D eigenvalue weighted by Crippen LogP contribution is 1.96. The number of halogens is 1. The molecule has 0 bridgehead atoms. The molecule has 0 saturated heterocycles. The Labute approximate surface area is 86.8 Å². The van der Waals surface area contributed by atoms with Gasteiger partial charge in [-0.2, -0.15) is 0 Å². The van der Waals surface area contributed by atoms with Crippen LogP contribution in [0.3, 0.4) is 0 Å². The molecule has 2 amide bonds. The Kier molecular flexibility index (Phi) is 5.70. The summed E-state index contributed by atoms with van der Waals surface area (Å²) in [7, 11) is 3.38. The lowest BCUT2D eigenvalue weighted by Gasteiger charge is -2.10. The van der Waals surface area contributed by atoms with Crippen LogP contribution in [0.5, 0.6) is 0 Å². The minimum absolute atomic E-state index is 0.0162. The van der Waals surface area contributed by atoms with E-state index in [1.807, 2.05) is 0 Å². The molecule has 1 unspecified atom stereocenters. The molecule has 1 atom stereocenters. The molecule has 13 heavy (non-hydrogen) atoms. The molecule has 0 rings (SSSR count). The number of rotatable bonds is 4. The Balaban J connectivity index is 3.57. The first-order chi connectivity index (χ1) is 5.95. The summed E-state index contributed by atoms with van der Waals surface area (Å²) < 4.78 is 0. The molecule has 0 radical (unpaired) electrons. The van der Waals surface area contributed by atoms with Crippen molar-refractivity contribution in [3.05, 3.63) is 0 Å². The molecule has 4 nitrogen and oxygen atoms in total. The van der Waals surface area contributed by atoms with Crippen molar-refractivity contribution in [2.45, 2.75) is 18.2 Å². The molecule has 0 aromatic carbocycles. The van der Waals surface area contributed by atoms with E-state index in [0.717, 1.165) is 0 Å². The number of nitrogens with one attached hydrogen (secondary N) is 1. The van der Waals surface area contributed by atoms with Crippen LogP contribution in [0.15, 0.2) is 0 Å². The molecular formula is C8H15BrN2O2. The van der Waals surface area contributed by atoms with Gasteiger partial charge in [-0.1, -0.05) is 15.9 Å². The van der Waals surface area contributed by atoms with Gasteiger partial charge in [-0.3, -0.25) is 9.59 Å². The van der Waals surface area contributed by atoms with Crippen molar-refractivity contribution in [2.75, 3.05) is 20.6 Å². The van der Waals surface area contributed by atoms with Crippen molar-refractivity contribution in [3.8, 4) is 0 Å². The maximum Gasteiger partial charge on any atom is 0.233 e. The van der Waals surface area contributed by atoms with Gasteiger partial charge in [-0.15, -0.1) is 0 Å². The van der Waals surface area contributed by atoms with Crippen LogP contribution in [0.1, 0.15) is 13.3 Å². The quantitative estimate of drug-likeness (QED) is 0.733. The first kappa shape index (κ1) is 12.4. The average Bonchev–Trinajstić information content (AvgIpc) is 2.03. The second kappa shape index (κ2) is 5.96. The van der Waals surface area contributed by atoms with Crippen molar-refractivity contribution in [1.82, 2.24) is 10.2 Å². The normalized spacial score (nSPS) is 12.0. The standard InChI is InChI=1S/C8H15BrN2O2/c1-6(9)8(13)10-5-4-7(12)11(2)3/h6H,4-5H2,1-3H3,(H,10,13). The maximum absolute atomic E-state index is 11.1. The molecule has 0 aromatic rings. The summed E-state index contributed by atoms with van der Waals surface area (Å²) in [5, 5.41) is 2.63. The van der Waals surface area contributed by atoms with Crippen LogP contribution in [-0.2, 0) is 9.59 Å². The average molecular weight is 251 g/mol. The SMILES string of the molecule is CC(Br)C(=O)NCCC(=O)N(C)C. The van der Waals surface area contributed by atoms with E-state index in [9.17, 15) is 9.59 Å². The van der Waals surface area contributed by atoms with Gasteiger partial charge in [0.1, 0.15) is 0 Å². The van der Waals surface area contributed by atoms with Crippen LogP contribution in [-0.4, -0.2) is 42.2 Å². The van der Waals surface area contributed by atoms with Crippen molar-refractivity contribution < 1.29 is 9.59 Å². The van der Waals surface area contributed by atoms with E-state index in [0.29, 0.717) is 13.0 Å². The highest BCUT2D eigenvalue weighted by Gasteiger charge is 2.08. The number of hydrogen-bond acceptors (Lipinski definition) is 2. The summed E-state index contributed by atoms with van der Waals surface area (Å²) in [6, 6.07) is 0. The number of hydrogen-bond donors (Lipinski definition) is 1. The third kappa shape index (κ3) is 5.63. The molecule has 0 heterocycles. The number of alkyl halides is 1. The van der Waals surface area contributed by atoms with E-state index in [1.54, 1.807) is 21.0 Å². The van der Waals surface area contributed by atoms with Gasteiger partial charge in [0.25, 0.3) is 0 Å². The number of carbonyl (C=O) groups excluding carboxylic acids is 2. The van der Waals surface area contributed by atoms with Crippen LogP contribution in [0, 0.1) is 0 Å². The zero-order valence-corrected chi connectivity index (χ0v) is 9.72. The van der Waals surface area contributed by atoms with Crippen LogP contribution in [0.2, 0.25) is 0 Å². The highest BCUT2D eigenvalue weighted by molar-refractivity contribution is 9.10. The first-order valence-electron chi connectivity index (χ1n) is 4.07.